The second-order valence-corrected chi connectivity index (χ2v) is 5.89. The van der Waals surface area contributed by atoms with Crippen LogP contribution in [0, 0.1) is 5.92 Å². The maximum Gasteiger partial charge on any atom is 0.337 e. The Labute approximate surface area is 133 Å². The standard InChI is InChI=1S/C15H21BrN2O3/c1-4-10(3)9-18(5-2)15(21)17-13-8-11(16)6-7-12(13)14(19)20/h6-8,10H,4-5,9H2,1-3H3,(H,17,21)(H,19,20). The molecule has 0 aromatic heterocycles. The molecule has 0 fully saturated rings. The predicted molar refractivity (Wildman–Crippen MR) is 86.8 cm³/mol. The van der Waals surface area contributed by atoms with Crippen molar-refractivity contribution in [2.45, 2.75) is 27.2 Å². The monoisotopic (exact) mass is 356 g/mol. The molecular formula is C15H21BrN2O3. The van der Waals surface area contributed by atoms with Crippen LogP contribution in [0.25, 0.3) is 0 Å². The number of urea groups is 1. The van der Waals surface area contributed by atoms with E-state index in [0.717, 1.165) is 6.42 Å². The smallest absolute Gasteiger partial charge is 0.337 e. The minimum absolute atomic E-state index is 0.0751. The molecule has 0 bridgehead atoms. The van der Waals surface area contributed by atoms with Crippen molar-refractivity contribution in [1.82, 2.24) is 4.90 Å². The van der Waals surface area contributed by atoms with Gasteiger partial charge in [0.05, 0.1) is 11.3 Å². The number of carboxylic acids is 1. The number of anilines is 1. The van der Waals surface area contributed by atoms with Gasteiger partial charge in [-0.2, -0.15) is 0 Å². The molecule has 0 spiro atoms. The zero-order valence-electron chi connectivity index (χ0n) is 12.5. The Morgan fingerprint density at radius 3 is 2.57 bits per heavy atom. The first kappa shape index (κ1) is 17.5. The summed E-state index contributed by atoms with van der Waals surface area (Å²) >= 11 is 3.28. The van der Waals surface area contributed by atoms with Crippen molar-refractivity contribution in [2.24, 2.45) is 5.92 Å². The number of carbonyl (C=O) groups excluding carboxylic acids is 1. The molecule has 0 radical (unpaired) electrons. The molecule has 6 heteroatoms. The zero-order valence-corrected chi connectivity index (χ0v) is 14.1. The molecule has 21 heavy (non-hydrogen) atoms. The zero-order chi connectivity index (χ0) is 16.0. The number of aromatic carboxylic acids is 1. The highest BCUT2D eigenvalue weighted by Crippen LogP contribution is 2.22. The highest BCUT2D eigenvalue weighted by molar-refractivity contribution is 9.10. The molecule has 1 aromatic carbocycles. The van der Waals surface area contributed by atoms with Crippen LogP contribution in [0.1, 0.15) is 37.6 Å². The van der Waals surface area contributed by atoms with Gasteiger partial charge < -0.3 is 15.3 Å². The van der Waals surface area contributed by atoms with Crippen molar-refractivity contribution in [3.8, 4) is 0 Å². The van der Waals surface area contributed by atoms with Crippen LogP contribution in [0.4, 0.5) is 10.5 Å². The lowest BCUT2D eigenvalue weighted by atomic mass is 10.1. The molecule has 5 nitrogen and oxygen atoms in total. The average molecular weight is 357 g/mol. The lowest BCUT2D eigenvalue weighted by Gasteiger charge is -2.24. The van der Waals surface area contributed by atoms with E-state index in [9.17, 15) is 9.59 Å². The fourth-order valence-corrected chi connectivity index (χ4v) is 2.22. The Bertz CT molecular complexity index is 520. The highest BCUT2D eigenvalue weighted by atomic mass is 79.9. The van der Waals surface area contributed by atoms with Gasteiger partial charge in [0, 0.05) is 17.6 Å². The van der Waals surface area contributed by atoms with Crippen LogP contribution < -0.4 is 5.32 Å². The number of nitrogens with zero attached hydrogens (tertiary/aromatic N) is 1. The first-order valence-electron chi connectivity index (χ1n) is 6.97. The van der Waals surface area contributed by atoms with E-state index in [1.807, 2.05) is 6.92 Å². The number of hydrogen-bond donors (Lipinski definition) is 2. The van der Waals surface area contributed by atoms with Crippen molar-refractivity contribution in [2.75, 3.05) is 18.4 Å². The van der Waals surface area contributed by atoms with Crippen LogP contribution >= 0.6 is 15.9 Å². The summed E-state index contributed by atoms with van der Waals surface area (Å²) in [4.78, 5) is 25.2. The number of benzene rings is 1. The van der Waals surface area contributed by atoms with E-state index in [-0.39, 0.29) is 11.6 Å². The SMILES string of the molecule is CCC(C)CN(CC)C(=O)Nc1cc(Br)ccc1C(=O)O. The molecule has 0 saturated carbocycles. The summed E-state index contributed by atoms with van der Waals surface area (Å²) in [5.41, 5.74) is 0.371. The summed E-state index contributed by atoms with van der Waals surface area (Å²) in [6.45, 7) is 7.29. The maximum absolute atomic E-state index is 12.3. The van der Waals surface area contributed by atoms with E-state index in [0.29, 0.717) is 29.2 Å². The molecule has 1 unspecified atom stereocenters. The fourth-order valence-electron chi connectivity index (χ4n) is 1.86. The van der Waals surface area contributed by atoms with Gasteiger partial charge >= 0.3 is 12.0 Å². The van der Waals surface area contributed by atoms with Crippen molar-refractivity contribution in [3.63, 3.8) is 0 Å². The summed E-state index contributed by atoms with van der Waals surface area (Å²) in [6, 6.07) is 4.42. The topological polar surface area (TPSA) is 69.6 Å². The van der Waals surface area contributed by atoms with Gasteiger partial charge in [0.1, 0.15) is 0 Å². The van der Waals surface area contributed by atoms with E-state index < -0.39 is 5.97 Å². The molecule has 2 N–H and O–H groups in total. The molecule has 116 valence electrons. The number of nitrogens with one attached hydrogen (secondary N) is 1. The van der Waals surface area contributed by atoms with Crippen molar-refractivity contribution >= 4 is 33.6 Å². The Morgan fingerprint density at radius 1 is 1.38 bits per heavy atom. The molecule has 2 amide bonds. The molecule has 0 aliphatic carbocycles. The second-order valence-electron chi connectivity index (χ2n) is 4.98. The summed E-state index contributed by atoms with van der Waals surface area (Å²) in [7, 11) is 0. The van der Waals surface area contributed by atoms with Gasteiger partial charge in [-0.15, -0.1) is 0 Å². The Kier molecular flexibility index (Phi) is 6.68. The van der Waals surface area contributed by atoms with Crippen LogP contribution in [0.3, 0.4) is 0 Å². The molecular weight excluding hydrogens is 336 g/mol. The number of amides is 2. The minimum atomic E-state index is -1.07. The minimum Gasteiger partial charge on any atom is -0.478 e. The molecule has 0 heterocycles. The van der Waals surface area contributed by atoms with E-state index in [4.69, 9.17) is 5.11 Å². The molecule has 1 aromatic rings. The summed E-state index contributed by atoms with van der Waals surface area (Å²) in [6.07, 6.45) is 0.987. The summed E-state index contributed by atoms with van der Waals surface area (Å²) in [5.74, 6) is -0.667. The van der Waals surface area contributed by atoms with Crippen molar-refractivity contribution in [3.05, 3.63) is 28.2 Å². The highest BCUT2D eigenvalue weighted by Gasteiger charge is 2.17. The molecule has 1 atom stereocenters. The van der Waals surface area contributed by atoms with E-state index in [1.54, 1.807) is 17.0 Å². The van der Waals surface area contributed by atoms with Gasteiger partial charge in [0.15, 0.2) is 0 Å². The quantitative estimate of drug-likeness (QED) is 0.807. The van der Waals surface area contributed by atoms with E-state index in [2.05, 4.69) is 35.1 Å². The number of rotatable bonds is 6. The Hall–Kier alpha value is -1.56. The third kappa shape index (κ3) is 5.04. The first-order chi connectivity index (χ1) is 9.88. The average Bonchev–Trinajstić information content (AvgIpc) is 2.43. The molecule has 0 aliphatic rings. The fraction of sp³-hybridized carbons (Fsp3) is 0.467. The van der Waals surface area contributed by atoms with Crippen molar-refractivity contribution in [1.29, 1.82) is 0 Å². The normalized spacial score (nSPS) is 11.8. The van der Waals surface area contributed by atoms with Crippen LogP contribution in [0.2, 0.25) is 0 Å². The third-order valence-electron chi connectivity index (χ3n) is 3.35. The molecule has 0 saturated heterocycles. The predicted octanol–water partition coefficient (Wildman–Crippen LogP) is 4.05. The number of carbonyl (C=O) groups is 2. The van der Waals surface area contributed by atoms with Gasteiger partial charge in [-0.25, -0.2) is 9.59 Å². The number of hydrogen-bond acceptors (Lipinski definition) is 2. The first-order valence-corrected chi connectivity index (χ1v) is 7.77. The number of carboxylic acid groups (broad SMARTS) is 1. The van der Waals surface area contributed by atoms with Crippen molar-refractivity contribution < 1.29 is 14.7 Å². The van der Waals surface area contributed by atoms with Crippen LogP contribution in [-0.4, -0.2) is 35.1 Å². The third-order valence-corrected chi connectivity index (χ3v) is 3.84. The summed E-state index contributed by atoms with van der Waals surface area (Å²) in [5, 5.41) is 11.9. The van der Waals surface area contributed by atoms with Crippen LogP contribution in [0.15, 0.2) is 22.7 Å². The molecule has 1 rings (SSSR count). The van der Waals surface area contributed by atoms with Gasteiger partial charge in [0.2, 0.25) is 0 Å². The van der Waals surface area contributed by atoms with E-state index >= 15 is 0 Å². The van der Waals surface area contributed by atoms with Gasteiger partial charge in [-0.1, -0.05) is 36.2 Å². The second kappa shape index (κ2) is 8.02. The maximum atomic E-state index is 12.3. The number of halogens is 1. The lowest BCUT2D eigenvalue weighted by molar-refractivity contribution is 0.0698. The van der Waals surface area contributed by atoms with Gasteiger partial charge in [-0.3, -0.25) is 0 Å². The van der Waals surface area contributed by atoms with Crippen LogP contribution in [-0.2, 0) is 0 Å². The lowest BCUT2D eigenvalue weighted by Crippen LogP contribution is -2.38. The van der Waals surface area contributed by atoms with E-state index in [1.165, 1.54) is 6.07 Å². The van der Waals surface area contributed by atoms with Gasteiger partial charge in [-0.05, 0) is 31.0 Å². The van der Waals surface area contributed by atoms with Gasteiger partial charge in [0.25, 0.3) is 0 Å². The Morgan fingerprint density at radius 2 is 2.05 bits per heavy atom. The Balaban J connectivity index is 2.91. The summed E-state index contributed by atoms with van der Waals surface area (Å²) < 4.78 is 0.716. The molecule has 0 aliphatic heterocycles. The largest absolute Gasteiger partial charge is 0.478 e. The van der Waals surface area contributed by atoms with Crippen LogP contribution in [0.5, 0.6) is 0 Å².